The molecule has 19 heavy (non-hydrogen) atoms. The highest BCUT2D eigenvalue weighted by atomic mass is 79.9. The second-order valence-electron chi connectivity index (χ2n) is 4.72. The number of halogens is 1. The van der Waals surface area contributed by atoms with Crippen LogP contribution in [0.25, 0.3) is 0 Å². The van der Waals surface area contributed by atoms with Crippen molar-refractivity contribution in [3.05, 3.63) is 20.8 Å². The smallest absolute Gasteiger partial charge is 0.255 e. The largest absolute Gasteiger partial charge is 0.323 e. The lowest BCUT2D eigenvalue weighted by atomic mass is 10.1. The van der Waals surface area contributed by atoms with Gasteiger partial charge in [-0.3, -0.25) is 19.7 Å². The Hall–Kier alpha value is -1.21. The molecule has 0 bridgehead atoms. The summed E-state index contributed by atoms with van der Waals surface area (Å²) in [6, 6.07) is 1.19. The van der Waals surface area contributed by atoms with E-state index in [0.717, 1.165) is 16.6 Å². The van der Waals surface area contributed by atoms with Crippen molar-refractivity contribution in [3.63, 3.8) is 0 Å². The average Bonchev–Trinajstić information content (AvgIpc) is 3.00. The lowest BCUT2D eigenvalue weighted by molar-refractivity contribution is -0.126. The molecule has 1 aliphatic carbocycles. The van der Waals surface area contributed by atoms with Crippen LogP contribution in [0.3, 0.4) is 0 Å². The van der Waals surface area contributed by atoms with E-state index in [-0.39, 0.29) is 30.2 Å². The number of amides is 3. The number of imide groups is 1. The number of nitrogens with one attached hydrogen (secondary N) is 1. The van der Waals surface area contributed by atoms with Gasteiger partial charge in [-0.05, 0) is 34.8 Å². The van der Waals surface area contributed by atoms with Crippen molar-refractivity contribution in [1.82, 2.24) is 10.2 Å². The molecule has 1 saturated heterocycles. The zero-order valence-electron chi connectivity index (χ0n) is 9.89. The highest BCUT2D eigenvalue weighted by Gasteiger charge is 2.44. The van der Waals surface area contributed by atoms with Crippen molar-refractivity contribution in [2.75, 3.05) is 0 Å². The number of hydrogen-bond acceptors (Lipinski definition) is 4. The molecule has 0 aromatic carbocycles. The van der Waals surface area contributed by atoms with E-state index >= 15 is 0 Å². The molecule has 100 valence electrons. The van der Waals surface area contributed by atoms with Crippen LogP contribution in [0.2, 0.25) is 0 Å². The third-order valence-corrected chi connectivity index (χ3v) is 4.77. The van der Waals surface area contributed by atoms with Gasteiger partial charge in [0.1, 0.15) is 6.04 Å². The van der Waals surface area contributed by atoms with E-state index < -0.39 is 6.04 Å². The predicted molar refractivity (Wildman–Crippen MR) is 72.8 cm³/mol. The van der Waals surface area contributed by atoms with Crippen LogP contribution in [-0.2, 0) is 9.59 Å². The Labute approximate surface area is 122 Å². The number of thiophene rings is 1. The highest BCUT2D eigenvalue weighted by Crippen LogP contribution is 2.33. The van der Waals surface area contributed by atoms with Crippen LogP contribution >= 0.6 is 27.3 Å². The zero-order valence-corrected chi connectivity index (χ0v) is 12.3. The fourth-order valence-corrected chi connectivity index (χ4v) is 3.38. The second kappa shape index (κ2) is 4.72. The molecule has 2 aliphatic rings. The van der Waals surface area contributed by atoms with Gasteiger partial charge in [0.2, 0.25) is 11.8 Å². The van der Waals surface area contributed by atoms with E-state index in [1.165, 1.54) is 11.3 Å². The molecule has 1 N–H and O–H groups in total. The monoisotopic (exact) mass is 342 g/mol. The quantitative estimate of drug-likeness (QED) is 0.847. The molecule has 3 rings (SSSR count). The lowest BCUT2D eigenvalue weighted by Gasteiger charge is -2.26. The van der Waals surface area contributed by atoms with Gasteiger partial charge in [0.25, 0.3) is 5.91 Å². The maximum Gasteiger partial charge on any atom is 0.255 e. The number of nitrogens with zero attached hydrogens (tertiary/aromatic N) is 1. The van der Waals surface area contributed by atoms with Crippen molar-refractivity contribution in [2.45, 2.75) is 31.3 Å². The fourth-order valence-electron chi connectivity index (χ4n) is 2.25. The topological polar surface area (TPSA) is 66.5 Å². The van der Waals surface area contributed by atoms with Crippen LogP contribution in [0.15, 0.2) is 15.2 Å². The van der Waals surface area contributed by atoms with Gasteiger partial charge in [-0.15, -0.1) is 11.3 Å². The molecule has 3 amide bonds. The van der Waals surface area contributed by atoms with Gasteiger partial charge in [0.15, 0.2) is 0 Å². The average molecular weight is 343 g/mol. The molecule has 0 radical (unpaired) electrons. The summed E-state index contributed by atoms with van der Waals surface area (Å²) in [5.41, 5.74) is 0.566. The molecule has 0 unspecified atom stereocenters. The molecule has 2 heterocycles. The van der Waals surface area contributed by atoms with Gasteiger partial charge in [-0.1, -0.05) is 0 Å². The number of rotatable bonds is 3. The Bertz CT molecular complexity index is 567. The molecule has 0 spiro atoms. The Morgan fingerprint density at radius 2 is 2.16 bits per heavy atom. The molecule has 1 atom stereocenters. The van der Waals surface area contributed by atoms with Crippen LogP contribution in [0.5, 0.6) is 0 Å². The maximum absolute atomic E-state index is 12.5. The van der Waals surface area contributed by atoms with E-state index in [9.17, 15) is 14.4 Å². The normalized spacial score (nSPS) is 22.5. The van der Waals surface area contributed by atoms with Crippen molar-refractivity contribution >= 4 is 45.0 Å². The van der Waals surface area contributed by atoms with Crippen LogP contribution in [0, 0.1) is 0 Å². The van der Waals surface area contributed by atoms with Crippen LogP contribution in [-0.4, -0.2) is 34.7 Å². The molecule has 1 aromatic heterocycles. The molecular weight excluding hydrogens is 332 g/mol. The lowest BCUT2D eigenvalue weighted by Crippen LogP contribution is -2.45. The van der Waals surface area contributed by atoms with Crippen LogP contribution in [0.1, 0.15) is 29.6 Å². The summed E-state index contributed by atoms with van der Waals surface area (Å²) in [6.07, 6.45) is 1.87. The standard InChI is InChI=1S/C12H11BrN2O3S/c13-9-3-6(5-19-9)12(18)15(7-1-2-7)8-4-10(16)14-11(8)17/h3,5,7-8H,1-2,4H2,(H,14,16,17)/t8-/m1/s1. The minimum atomic E-state index is -0.647. The van der Waals surface area contributed by atoms with Crippen LogP contribution < -0.4 is 5.32 Å². The molecule has 7 heteroatoms. The first-order valence-electron chi connectivity index (χ1n) is 5.96. The summed E-state index contributed by atoms with van der Waals surface area (Å²) in [5, 5.41) is 4.02. The second-order valence-corrected chi connectivity index (χ2v) is 7.01. The van der Waals surface area contributed by atoms with E-state index in [1.54, 1.807) is 16.3 Å². The van der Waals surface area contributed by atoms with Gasteiger partial charge in [0, 0.05) is 11.4 Å². The van der Waals surface area contributed by atoms with Crippen molar-refractivity contribution in [3.8, 4) is 0 Å². The third kappa shape index (κ3) is 2.44. The molecule has 2 fully saturated rings. The first-order chi connectivity index (χ1) is 9.06. The first-order valence-corrected chi connectivity index (χ1v) is 7.64. The molecule has 1 saturated carbocycles. The number of carbonyl (C=O) groups excluding carboxylic acids is 3. The number of hydrogen-bond donors (Lipinski definition) is 1. The van der Waals surface area contributed by atoms with E-state index in [1.807, 2.05) is 0 Å². The third-order valence-electron chi connectivity index (χ3n) is 3.27. The molecule has 1 aromatic rings. The van der Waals surface area contributed by atoms with E-state index in [2.05, 4.69) is 21.2 Å². The Kier molecular flexibility index (Phi) is 3.18. The fraction of sp³-hybridized carbons (Fsp3) is 0.417. The van der Waals surface area contributed by atoms with E-state index in [4.69, 9.17) is 0 Å². The highest BCUT2D eigenvalue weighted by molar-refractivity contribution is 9.11. The minimum Gasteiger partial charge on any atom is -0.323 e. The Morgan fingerprint density at radius 3 is 2.63 bits per heavy atom. The molecule has 5 nitrogen and oxygen atoms in total. The summed E-state index contributed by atoms with van der Waals surface area (Å²) in [7, 11) is 0. The molecular formula is C12H11BrN2O3S. The van der Waals surface area contributed by atoms with Gasteiger partial charge in [-0.25, -0.2) is 0 Å². The molecule has 1 aliphatic heterocycles. The predicted octanol–water partition coefficient (Wildman–Crippen LogP) is 1.53. The SMILES string of the molecule is O=C1C[C@@H](N(C(=O)c2csc(Br)c2)C2CC2)C(=O)N1. The van der Waals surface area contributed by atoms with Gasteiger partial charge >= 0.3 is 0 Å². The van der Waals surface area contributed by atoms with Crippen molar-refractivity contribution in [2.24, 2.45) is 0 Å². The minimum absolute atomic E-state index is 0.0758. The first kappa shape index (κ1) is 12.8. The summed E-state index contributed by atoms with van der Waals surface area (Å²) >= 11 is 4.75. The zero-order chi connectivity index (χ0) is 13.6. The summed E-state index contributed by atoms with van der Waals surface area (Å²) in [6.45, 7) is 0. The summed E-state index contributed by atoms with van der Waals surface area (Å²) in [4.78, 5) is 37.1. The van der Waals surface area contributed by atoms with Gasteiger partial charge < -0.3 is 4.90 Å². The van der Waals surface area contributed by atoms with Gasteiger partial charge in [0.05, 0.1) is 15.8 Å². The van der Waals surface area contributed by atoms with E-state index in [0.29, 0.717) is 5.56 Å². The Balaban J connectivity index is 1.87. The van der Waals surface area contributed by atoms with Gasteiger partial charge in [-0.2, -0.15) is 0 Å². The Morgan fingerprint density at radius 1 is 1.42 bits per heavy atom. The van der Waals surface area contributed by atoms with Crippen LogP contribution in [0.4, 0.5) is 0 Å². The van der Waals surface area contributed by atoms with Crippen molar-refractivity contribution < 1.29 is 14.4 Å². The summed E-state index contributed by atoms with van der Waals surface area (Å²) in [5.74, 6) is -0.834. The summed E-state index contributed by atoms with van der Waals surface area (Å²) < 4.78 is 0.874. The number of carbonyl (C=O) groups is 3. The van der Waals surface area contributed by atoms with Crippen molar-refractivity contribution in [1.29, 1.82) is 0 Å². The maximum atomic E-state index is 12.5.